The molecular formula is C17H19ClFN. The van der Waals surface area contributed by atoms with Crippen LogP contribution in [0.4, 0.5) is 4.39 Å². The zero-order chi connectivity index (χ0) is 14.7. The van der Waals surface area contributed by atoms with E-state index in [1.54, 1.807) is 13.0 Å². The molecular weight excluding hydrogens is 273 g/mol. The predicted molar refractivity (Wildman–Crippen MR) is 82.6 cm³/mol. The standard InChI is InChI=1S/C17H19ClFN/c1-11-8-9-14(10-17(11)19)12(2)20-13(3)15-6-4-5-7-16(15)18/h4-10,12-13,20H,1-3H3. The summed E-state index contributed by atoms with van der Waals surface area (Å²) in [5, 5.41) is 4.19. The van der Waals surface area contributed by atoms with E-state index in [2.05, 4.69) is 12.2 Å². The molecule has 0 spiro atoms. The molecule has 2 atom stereocenters. The van der Waals surface area contributed by atoms with Crippen molar-refractivity contribution in [2.75, 3.05) is 0 Å². The fraction of sp³-hybridized carbons (Fsp3) is 0.294. The molecule has 0 heterocycles. The van der Waals surface area contributed by atoms with Crippen molar-refractivity contribution < 1.29 is 4.39 Å². The van der Waals surface area contributed by atoms with E-state index in [1.807, 2.05) is 43.3 Å². The SMILES string of the molecule is Cc1ccc(C(C)NC(C)c2ccccc2Cl)cc1F. The van der Waals surface area contributed by atoms with E-state index in [0.717, 1.165) is 16.1 Å². The minimum Gasteiger partial charge on any atom is -0.304 e. The maximum atomic E-state index is 13.6. The van der Waals surface area contributed by atoms with Gasteiger partial charge in [-0.1, -0.05) is 41.9 Å². The summed E-state index contributed by atoms with van der Waals surface area (Å²) in [4.78, 5) is 0. The maximum absolute atomic E-state index is 13.6. The molecule has 0 aliphatic heterocycles. The Morgan fingerprint density at radius 3 is 2.40 bits per heavy atom. The van der Waals surface area contributed by atoms with Crippen molar-refractivity contribution >= 4 is 11.6 Å². The number of hydrogen-bond acceptors (Lipinski definition) is 1. The van der Waals surface area contributed by atoms with Gasteiger partial charge in [0.15, 0.2) is 0 Å². The highest BCUT2D eigenvalue weighted by atomic mass is 35.5. The lowest BCUT2D eigenvalue weighted by Crippen LogP contribution is -2.22. The van der Waals surface area contributed by atoms with Gasteiger partial charge in [-0.3, -0.25) is 0 Å². The first-order valence-electron chi connectivity index (χ1n) is 6.75. The van der Waals surface area contributed by atoms with E-state index in [0.29, 0.717) is 5.56 Å². The van der Waals surface area contributed by atoms with E-state index < -0.39 is 0 Å². The lowest BCUT2D eigenvalue weighted by molar-refractivity contribution is 0.491. The van der Waals surface area contributed by atoms with E-state index in [-0.39, 0.29) is 17.9 Å². The van der Waals surface area contributed by atoms with Crippen LogP contribution in [0.25, 0.3) is 0 Å². The van der Waals surface area contributed by atoms with Crippen LogP contribution in [0.2, 0.25) is 5.02 Å². The van der Waals surface area contributed by atoms with Gasteiger partial charge in [-0.15, -0.1) is 0 Å². The molecule has 0 aromatic heterocycles. The minimum atomic E-state index is -0.165. The summed E-state index contributed by atoms with van der Waals surface area (Å²) in [5.41, 5.74) is 2.65. The van der Waals surface area contributed by atoms with Gasteiger partial charge in [-0.05, 0) is 49.6 Å². The van der Waals surface area contributed by atoms with Gasteiger partial charge in [-0.25, -0.2) is 4.39 Å². The molecule has 0 saturated heterocycles. The Morgan fingerprint density at radius 2 is 1.75 bits per heavy atom. The third-order valence-electron chi connectivity index (χ3n) is 3.57. The molecule has 1 nitrogen and oxygen atoms in total. The summed E-state index contributed by atoms with van der Waals surface area (Å²) >= 11 is 6.19. The monoisotopic (exact) mass is 291 g/mol. The van der Waals surface area contributed by atoms with Gasteiger partial charge in [0.2, 0.25) is 0 Å². The lowest BCUT2D eigenvalue weighted by atomic mass is 10.0. The summed E-state index contributed by atoms with van der Waals surface area (Å²) in [6, 6.07) is 13.3. The van der Waals surface area contributed by atoms with Crippen molar-refractivity contribution in [2.45, 2.75) is 32.9 Å². The van der Waals surface area contributed by atoms with Crippen LogP contribution in [-0.2, 0) is 0 Å². The van der Waals surface area contributed by atoms with Crippen LogP contribution < -0.4 is 5.32 Å². The van der Waals surface area contributed by atoms with Crippen LogP contribution in [0, 0.1) is 12.7 Å². The quantitative estimate of drug-likeness (QED) is 0.816. The summed E-state index contributed by atoms with van der Waals surface area (Å²) in [5.74, 6) is -0.165. The second kappa shape index (κ2) is 6.38. The van der Waals surface area contributed by atoms with Gasteiger partial charge in [0.1, 0.15) is 5.82 Å². The van der Waals surface area contributed by atoms with E-state index >= 15 is 0 Å². The van der Waals surface area contributed by atoms with Crippen molar-refractivity contribution in [2.24, 2.45) is 0 Å². The van der Waals surface area contributed by atoms with E-state index in [4.69, 9.17) is 11.6 Å². The third-order valence-corrected chi connectivity index (χ3v) is 3.91. The minimum absolute atomic E-state index is 0.0522. The Morgan fingerprint density at radius 1 is 1.05 bits per heavy atom. The normalized spacial score (nSPS) is 14.1. The molecule has 0 bridgehead atoms. The number of halogens is 2. The molecule has 3 heteroatoms. The average Bonchev–Trinajstić information content (AvgIpc) is 2.42. The lowest BCUT2D eigenvalue weighted by Gasteiger charge is -2.22. The first-order chi connectivity index (χ1) is 9.49. The zero-order valence-electron chi connectivity index (χ0n) is 12.0. The summed E-state index contributed by atoms with van der Waals surface area (Å²) in [7, 11) is 0. The van der Waals surface area contributed by atoms with Crippen LogP contribution in [0.1, 0.15) is 42.6 Å². The van der Waals surface area contributed by atoms with Gasteiger partial charge in [0, 0.05) is 17.1 Å². The summed E-state index contributed by atoms with van der Waals surface area (Å²) in [6.45, 7) is 5.85. The van der Waals surface area contributed by atoms with Crippen molar-refractivity contribution in [3.63, 3.8) is 0 Å². The van der Waals surface area contributed by atoms with Gasteiger partial charge in [0.05, 0.1) is 0 Å². The molecule has 2 aromatic carbocycles. The molecule has 0 aliphatic carbocycles. The van der Waals surface area contributed by atoms with Crippen LogP contribution in [0.5, 0.6) is 0 Å². The number of benzene rings is 2. The highest BCUT2D eigenvalue weighted by Gasteiger charge is 2.14. The number of aryl methyl sites for hydroxylation is 1. The molecule has 0 aliphatic rings. The molecule has 0 amide bonds. The molecule has 0 fully saturated rings. The Balaban J connectivity index is 2.13. The van der Waals surface area contributed by atoms with Crippen LogP contribution >= 0.6 is 11.6 Å². The van der Waals surface area contributed by atoms with Crippen molar-refractivity contribution in [1.29, 1.82) is 0 Å². The molecule has 2 unspecified atom stereocenters. The first kappa shape index (κ1) is 15.0. The molecule has 1 N–H and O–H groups in total. The molecule has 2 rings (SSSR count). The fourth-order valence-electron chi connectivity index (χ4n) is 2.27. The first-order valence-corrected chi connectivity index (χ1v) is 7.13. The number of rotatable bonds is 4. The summed E-state index contributed by atoms with van der Waals surface area (Å²) in [6.07, 6.45) is 0. The van der Waals surface area contributed by atoms with Crippen molar-refractivity contribution in [3.8, 4) is 0 Å². The molecule has 20 heavy (non-hydrogen) atoms. The van der Waals surface area contributed by atoms with E-state index in [9.17, 15) is 4.39 Å². The average molecular weight is 292 g/mol. The van der Waals surface area contributed by atoms with Crippen molar-refractivity contribution in [1.82, 2.24) is 5.32 Å². The Kier molecular flexibility index (Phi) is 4.79. The largest absolute Gasteiger partial charge is 0.304 e. The molecule has 2 aromatic rings. The second-order valence-electron chi connectivity index (χ2n) is 5.14. The highest BCUT2D eigenvalue weighted by Crippen LogP contribution is 2.25. The van der Waals surface area contributed by atoms with Gasteiger partial charge >= 0.3 is 0 Å². The van der Waals surface area contributed by atoms with Crippen LogP contribution in [-0.4, -0.2) is 0 Å². The van der Waals surface area contributed by atoms with Crippen LogP contribution in [0.15, 0.2) is 42.5 Å². The van der Waals surface area contributed by atoms with Gasteiger partial charge in [-0.2, -0.15) is 0 Å². The molecule has 0 saturated carbocycles. The second-order valence-corrected chi connectivity index (χ2v) is 5.55. The topological polar surface area (TPSA) is 12.0 Å². The maximum Gasteiger partial charge on any atom is 0.126 e. The molecule has 106 valence electrons. The van der Waals surface area contributed by atoms with Crippen molar-refractivity contribution in [3.05, 3.63) is 70.0 Å². The molecule has 0 radical (unpaired) electrons. The van der Waals surface area contributed by atoms with Crippen LogP contribution in [0.3, 0.4) is 0 Å². The number of nitrogens with one attached hydrogen (secondary N) is 1. The predicted octanol–water partition coefficient (Wildman–Crippen LogP) is 5.20. The van der Waals surface area contributed by atoms with E-state index in [1.165, 1.54) is 0 Å². The summed E-state index contributed by atoms with van der Waals surface area (Å²) < 4.78 is 13.6. The Bertz CT molecular complexity index is 597. The third kappa shape index (κ3) is 3.38. The van der Waals surface area contributed by atoms with Gasteiger partial charge < -0.3 is 5.32 Å². The number of hydrogen-bond donors (Lipinski definition) is 1. The zero-order valence-corrected chi connectivity index (χ0v) is 12.7. The Hall–Kier alpha value is -1.38. The Labute approximate surface area is 124 Å². The highest BCUT2D eigenvalue weighted by molar-refractivity contribution is 6.31. The smallest absolute Gasteiger partial charge is 0.126 e. The fourth-order valence-corrected chi connectivity index (χ4v) is 2.57. The van der Waals surface area contributed by atoms with Gasteiger partial charge in [0.25, 0.3) is 0 Å².